The number of rotatable bonds is 7. The lowest BCUT2D eigenvalue weighted by molar-refractivity contribution is -0.123. The summed E-state index contributed by atoms with van der Waals surface area (Å²) in [6.07, 6.45) is 1.58. The van der Waals surface area contributed by atoms with E-state index in [4.69, 9.17) is 18.0 Å². The second-order valence-electron chi connectivity index (χ2n) is 4.36. The van der Waals surface area contributed by atoms with Crippen molar-refractivity contribution in [2.24, 2.45) is 11.7 Å². The lowest BCUT2D eigenvalue weighted by Gasteiger charge is -2.19. The quantitative estimate of drug-likeness (QED) is 0.650. The van der Waals surface area contributed by atoms with Crippen LogP contribution >= 0.6 is 12.2 Å². The Bertz CT molecular complexity index is 243. The van der Waals surface area contributed by atoms with E-state index < -0.39 is 0 Å². The van der Waals surface area contributed by atoms with Crippen molar-refractivity contribution in [1.82, 2.24) is 10.2 Å². The monoisotopic (exact) mass is 245 g/mol. The molecule has 2 unspecified atom stereocenters. The minimum Gasteiger partial charge on any atom is -0.393 e. The number of hydrogen-bond acceptors (Lipinski definition) is 3. The van der Waals surface area contributed by atoms with Gasteiger partial charge >= 0.3 is 0 Å². The maximum Gasteiger partial charge on any atom is 0.230 e. The lowest BCUT2D eigenvalue weighted by Crippen LogP contribution is -2.42. The third-order valence-electron chi connectivity index (χ3n) is 2.47. The molecule has 3 N–H and O–H groups in total. The van der Waals surface area contributed by atoms with Crippen molar-refractivity contribution in [2.45, 2.75) is 32.7 Å². The molecule has 2 atom stereocenters. The number of nitrogens with zero attached hydrogens (tertiary/aromatic N) is 1. The van der Waals surface area contributed by atoms with E-state index >= 15 is 0 Å². The highest BCUT2D eigenvalue weighted by atomic mass is 32.1. The first-order valence-electron chi connectivity index (χ1n) is 5.62. The Balaban J connectivity index is 4.07. The molecule has 0 heterocycles. The zero-order chi connectivity index (χ0) is 12.7. The number of nitrogens with one attached hydrogen (secondary N) is 1. The standard InChI is InChI=1S/C11H23N3OS/c1-5-9(10(12)16)11(15)13-8(2)6-7-14(3)4/h8-9H,5-7H2,1-4H3,(H2,12,16)(H,13,15). The van der Waals surface area contributed by atoms with Crippen molar-refractivity contribution < 1.29 is 4.79 Å². The highest BCUT2D eigenvalue weighted by Gasteiger charge is 2.20. The van der Waals surface area contributed by atoms with E-state index in [2.05, 4.69) is 10.2 Å². The molecule has 0 aliphatic heterocycles. The van der Waals surface area contributed by atoms with E-state index in [1.165, 1.54) is 0 Å². The minimum absolute atomic E-state index is 0.0544. The molecule has 0 aromatic carbocycles. The molecule has 0 aliphatic rings. The van der Waals surface area contributed by atoms with Crippen molar-refractivity contribution in [3.63, 3.8) is 0 Å². The van der Waals surface area contributed by atoms with Crippen LogP contribution in [-0.2, 0) is 4.79 Å². The number of carbonyl (C=O) groups excluding carboxylic acids is 1. The van der Waals surface area contributed by atoms with Gasteiger partial charge in [-0.3, -0.25) is 4.79 Å². The van der Waals surface area contributed by atoms with Gasteiger partial charge in [0.1, 0.15) is 0 Å². The Morgan fingerprint density at radius 2 is 2.06 bits per heavy atom. The Labute approximate surface area is 104 Å². The van der Waals surface area contributed by atoms with Gasteiger partial charge in [-0.15, -0.1) is 0 Å². The summed E-state index contributed by atoms with van der Waals surface area (Å²) in [7, 11) is 4.02. The van der Waals surface area contributed by atoms with Crippen molar-refractivity contribution in [3.8, 4) is 0 Å². The Morgan fingerprint density at radius 3 is 2.44 bits per heavy atom. The second-order valence-corrected chi connectivity index (χ2v) is 4.84. The topological polar surface area (TPSA) is 58.4 Å². The number of carbonyl (C=O) groups is 1. The van der Waals surface area contributed by atoms with Crippen molar-refractivity contribution in [3.05, 3.63) is 0 Å². The van der Waals surface area contributed by atoms with Crippen LogP contribution in [0.5, 0.6) is 0 Å². The van der Waals surface area contributed by atoms with Crippen molar-refractivity contribution in [2.75, 3.05) is 20.6 Å². The largest absolute Gasteiger partial charge is 0.393 e. The summed E-state index contributed by atoms with van der Waals surface area (Å²) in [5, 5.41) is 2.93. The van der Waals surface area contributed by atoms with Gasteiger partial charge < -0.3 is 16.0 Å². The van der Waals surface area contributed by atoms with Crippen LogP contribution in [-0.4, -0.2) is 42.5 Å². The van der Waals surface area contributed by atoms with Gasteiger partial charge in [-0.2, -0.15) is 0 Å². The van der Waals surface area contributed by atoms with Crippen molar-refractivity contribution >= 4 is 23.1 Å². The maximum absolute atomic E-state index is 11.8. The molecule has 0 rings (SSSR count). The normalized spacial score (nSPS) is 14.6. The lowest BCUT2D eigenvalue weighted by atomic mass is 10.1. The van der Waals surface area contributed by atoms with E-state index in [-0.39, 0.29) is 22.9 Å². The second kappa shape index (κ2) is 7.57. The molecule has 0 aliphatic carbocycles. The molecule has 0 bridgehead atoms. The summed E-state index contributed by atoms with van der Waals surface area (Å²) in [6, 6.07) is 0.151. The molecule has 0 aromatic rings. The summed E-state index contributed by atoms with van der Waals surface area (Å²) in [5.74, 6) is -0.391. The summed E-state index contributed by atoms with van der Waals surface area (Å²) in [5.41, 5.74) is 5.51. The molecular formula is C11H23N3OS. The summed E-state index contributed by atoms with van der Waals surface area (Å²) in [6.45, 7) is 4.85. The number of hydrogen-bond donors (Lipinski definition) is 2. The number of nitrogens with two attached hydrogens (primary N) is 1. The van der Waals surface area contributed by atoms with Gasteiger partial charge in [-0.05, 0) is 40.4 Å². The molecule has 0 saturated heterocycles. The molecule has 0 spiro atoms. The predicted octanol–water partition coefficient (Wildman–Crippen LogP) is 0.755. The molecule has 94 valence electrons. The van der Waals surface area contributed by atoms with Crippen LogP contribution in [0.2, 0.25) is 0 Å². The summed E-state index contributed by atoms with van der Waals surface area (Å²) < 4.78 is 0. The van der Waals surface area contributed by atoms with Crippen LogP contribution in [0.4, 0.5) is 0 Å². The van der Waals surface area contributed by atoms with E-state index in [0.29, 0.717) is 6.42 Å². The zero-order valence-electron chi connectivity index (χ0n) is 10.6. The van der Waals surface area contributed by atoms with E-state index in [0.717, 1.165) is 13.0 Å². The average molecular weight is 245 g/mol. The fourth-order valence-corrected chi connectivity index (χ4v) is 1.66. The fraction of sp³-hybridized carbons (Fsp3) is 0.818. The molecule has 0 radical (unpaired) electrons. The minimum atomic E-state index is -0.336. The third kappa shape index (κ3) is 6.02. The van der Waals surface area contributed by atoms with Crippen LogP contribution < -0.4 is 11.1 Å². The number of thiocarbonyl (C=S) groups is 1. The smallest absolute Gasteiger partial charge is 0.230 e. The Morgan fingerprint density at radius 1 is 1.50 bits per heavy atom. The van der Waals surface area contributed by atoms with E-state index in [9.17, 15) is 4.79 Å². The van der Waals surface area contributed by atoms with Gasteiger partial charge in [0.25, 0.3) is 0 Å². The van der Waals surface area contributed by atoms with Gasteiger partial charge in [0.15, 0.2) is 0 Å². The molecular weight excluding hydrogens is 222 g/mol. The van der Waals surface area contributed by atoms with Crippen LogP contribution in [0, 0.1) is 5.92 Å². The molecule has 5 heteroatoms. The molecule has 16 heavy (non-hydrogen) atoms. The fourth-order valence-electron chi connectivity index (χ4n) is 1.38. The van der Waals surface area contributed by atoms with E-state index in [1.54, 1.807) is 0 Å². The maximum atomic E-state index is 11.8. The molecule has 0 saturated carbocycles. The molecule has 0 fully saturated rings. The SMILES string of the molecule is CCC(C(=O)NC(C)CCN(C)C)C(N)=S. The van der Waals surface area contributed by atoms with Gasteiger partial charge in [0.2, 0.25) is 5.91 Å². The average Bonchev–Trinajstić information content (AvgIpc) is 2.15. The first-order valence-corrected chi connectivity index (χ1v) is 6.03. The van der Waals surface area contributed by atoms with E-state index in [1.807, 2.05) is 27.9 Å². The third-order valence-corrected chi connectivity index (χ3v) is 2.75. The molecule has 1 amide bonds. The Hall–Kier alpha value is -0.680. The van der Waals surface area contributed by atoms with Gasteiger partial charge in [0.05, 0.1) is 10.9 Å². The Kier molecular flexibility index (Phi) is 7.25. The molecule has 4 nitrogen and oxygen atoms in total. The van der Waals surface area contributed by atoms with Gasteiger partial charge in [0, 0.05) is 6.04 Å². The highest BCUT2D eigenvalue weighted by molar-refractivity contribution is 7.80. The number of amides is 1. The van der Waals surface area contributed by atoms with Gasteiger partial charge in [-0.25, -0.2) is 0 Å². The first kappa shape index (κ1) is 15.3. The van der Waals surface area contributed by atoms with Crippen LogP contribution in [0.1, 0.15) is 26.7 Å². The zero-order valence-corrected chi connectivity index (χ0v) is 11.4. The first-order chi connectivity index (χ1) is 7.38. The van der Waals surface area contributed by atoms with Crippen LogP contribution in [0.3, 0.4) is 0 Å². The summed E-state index contributed by atoms with van der Waals surface area (Å²) >= 11 is 4.86. The van der Waals surface area contributed by atoms with Crippen molar-refractivity contribution in [1.29, 1.82) is 0 Å². The predicted molar refractivity (Wildman–Crippen MR) is 71.3 cm³/mol. The van der Waals surface area contributed by atoms with Crippen LogP contribution in [0.15, 0.2) is 0 Å². The van der Waals surface area contributed by atoms with Crippen LogP contribution in [0.25, 0.3) is 0 Å². The summed E-state index contributed by atoms with van der Waals surface area (Å²) in [4.78, 5) is 14.1. The van der Waals surface area contributed by atoms with Gasteiger partial charge in [-0.1, -0.05) is 19.1 Å². The highest BCUT2D eigenvalue weighted by Crippen LogP contribution is 2.04. The molecule has 0 aromatic heterocycles.